The smallest absolute Gasteiger partial charge is 0.269 e. The van der Waals surface area contributed by atoms with E-state index < -0.39 is 14.9 Å². The van der Waals surface area contributed by atoms with Gasteiger partial charge in [0.1, 0.15) is 0 Å². The Balaban J connectivity index is 2.09. The fourth-order valence-corrected chi connectivity index (χ4v) is 3.34. The van der Waals surface area contributed by atoms with Gasteiger partial charge in [0, 0.05) is 25.2 Å². The van der Waals surface area contributed by atoms with Gasteiger partial charge in [-0.05, 0) is 5.56 Å². The van der Waals surface area contributed by atoms with Crippen LogP contribution in [0.2, 0.25) is 0 Å². The Labute approximate surface area is 111 Å². The zero-order valence-corrected chi connectivity index (χ0v) is 11.0. The minimum atomic E-state index is -3.39. The highest BCUT2D eigenvalue weighted by atomic mass is 32.2. The van der Waals surface area contributed by atoms with E-state index >= 15 is 0 Å². The first-order valence-corrected chi connectivity index (χ1v) is 7.39. The molecule has 19 heavy (non-hydrogen) atoms. The van der Waals surface area contributed by atoms with Gasteiger partial charge in [0.15, 0.2) is 0 Å². The third-order valence-corrected chi connectivity index (χ3v) is 4.71. The van der Waals surface area contributed by atoms with E-state index in [1.54, 1.807) is 0 Å². The second-order valence-corrected chi connectivity index (χ2v) is 6.16. The highest BCUT2D eigenvalue weighted by Crippen LogP contribution is 2.16. The molecule has 1 saturated heterocycles. The molecule has 1 aliphatic heterocycles. The molecule has 104 valence electrons. The predicted molar refractivity (Wildman–Crippen MR) is 68.1 cm³/mol. The Morgan fingerprint density at radius 1 is 1.21 bits per heavy atom. The Kier molecular flexibility index (Phi) is 4.13. The van der Waals surface area contributed by atoms with Gasteiger partial charge in [-0.1, -0.05) is 12.1 Å². The average molecular weight is 286 g/mol. The maximum absolute atomic E-state index is 12.1. The largest absolute Gasteiger partial charge is 0.379 e. The van der Waals surface area contributed by atoms with Gasteiger partial charge in [-0.2, -0.15) is 4.31 Å². The number of sulfonamides is 1. The first kappa shape index (κ1) is 13.9. The molecule has 1 aliphatic rings. The summed E-state index contributed by atoms with van der Waals surface area (Å²) in [5.41, 5.74) is 0.490. The minimum Gasteiger partial charge on any atom is -0.379 e. The van der Waals surface area contributed by atoms with Crippen LogP contribution in [0.15, 0.2) is 24.3 Å². The molecule has 0 N–H and O–H groups in total. The number of hydrogen-bond acceptors (Lipinski definition) is 5. The van der Waals surface area contributed by atoms with E-state index in [2.05, 4.69) is 0 Å². The summed E-state index contributed by atoms with van der Waals surface area (Å²) in [6.07, 6.45) is 0. The summed E-state index contributed by atoms with van der Waals surface area (Å²) >= 11 is 0. The molecule has 1 heterocycles. The van der Waals surface area contributed by atoms with Crippen LogP contribution in [0.5, 0.6) is 0 Å². The molecule has 0 unspecified atom stereocenters. The maximum atomic E-state index is 12.1. The molecule has 7 nitrogen and oxygen atoms in total. The highest BCUT2D eigenvalue weighted by molar-refractivity contribution is 7.88. The number of morpholine rings is 1. The molecule has 0 amide bonds. The van der Waals surface area contributed by atoms with Crippen LogP contribution in [0.3, 0.4) is 0 Å². The van der Waals surface area contributed by atoms with E-state index in [1.165, 1.54) is 28.6 Å². The van der Waals surface area contributed by atoms with E-state index in [0.717, 1.165) is 0 Å². The van der Waals surface area contributed by atoms with Crippen LogP contribution in [0.1, 0.15) is 5.56 Å². The maximum Gasteiger partial charge on any atom is 0.269 e. The molecule has 1 aromatic rings. The molecule has 0 radical (unpaired) electrons. The summed E-state index contributed by atoms with van der Waals surface area (Å²) in [6, 6.07) is 5.56. The quantitative estimate of drug-likeness (QED) is 0.602. The van der Waals surface area contributed by atoms with E-state index in [1.807, 2.05) is 0 Å². The fraction of sp³-hybridized carbons (Fsp3) is 0.455. The number of hydrogen-bond donors (Lipinski definition) is 0. The third kappa shape index (κ3) is 3.49. The number of nitro benzene ring substituents is 1. The molecular formula is C11H14N2O5S. The minimum absolute atomic E-state index is 0.0486. The molecule has 1 aromatic carbocycles. The van der Waals surface area contributed by atoms with E-state index in [0.29, 0.717) is 31.9 Å². The van der Waals surface area contributed by atoms with Crippen molar-refractivity contribution in [2.45, 2.75) is 5.75 Å². The lowest BCUT2D eigenvalue weighted by molar-refractivity contribution is -0.384. The van der Waals surface area contributed by atoms with Gasteiger partial charge in [0.05, 0.1) is 23.9 Å². The molecule has 0 atom stereocenters. The molecule has 0 spiro atoms. The van der Waals surface area contributed by atoms with Crippen molar-refractivity contribution < 1.29 is 18.1 Å². The fourth-order valence-electron chi connectivity index (χ4n) is 1.84. The summed E-state index contributed by atoms with van der Waals surface area (Å²) in [4.78, 5) is 10.00. The van der Waals surface area contributed by atoms with Gasteiger partial charge in [0.25, 0.3) is 5.69 Å². The number of ether oxygens (including phenoxy) is 1. The summed E-state index contributed by atoms with van der Waals surface area (Å²) in [5.74, 6) is -0.148. The summed E-state index contributed by atoms with van der Waals surface area (Å²) in [6.45, 7) is 1.52. The second kappa shape index (κ2) is 5.64. The molecule has 0 bridgehead atoms. The Morgan fingerprint density at radius 2 is 1.79 bits per heavy atom. The van der Waals surface area contributed by atoms with Crippen molar-refractivity contribution >= 4 is 15.7 Å². The Hall–Kier alpha value is -1.51. The lowest BCUT2D eigenvalue weighted by atomic mass is 10.2. The molecule has 1 fully saturated rings. The van der Waals surface area contributed by atoms with Crippen LogP contribution in [0.25, 0.3) is 0 Å². The van der Waals surface area contributed by atoms with E-state index in [9.17, 15) is 18.5 Å². The van der Waals surface area contributed by atoms with Gasteiger partial charge < -0.3 is 4.74 Å². The monoisotopic (exact) mass is 286 g/mol. The first-order valence-electron chi connectivity index (χ1n) is 5.78. The zero-order chi connectivity index (χ0) is 13.9. The van der Waals surface area contributed by atoms with Crippen molar-refractivity contribution in [1.29, 1.82) is 0 Å². The van der Waals surface area contributed by atoms with Crippen LogP contribution in [0, 0.1) is 10.1 Å². The predicted octanol–water partition coefficient (Wildman–Crippen LogP) is 0.757. The first-order chi connectivity index (χ1) is 8.99. The standard InChI is InChI=1S/C11H14N2O5S/c14-13(15)11-3-1-10(2-4-11)9-19(16,17)12-5-7-18-8-6-12/h1-4H,5-9H2. The lowest BCUT2D eigenvalue weighted by Gasteiger charge is -2.26. The summed E-state index contributed by atoms with van der Waals surface area (Å²) in [5, 5.41) is 10.5. The van der Waals surface area contributed by atoms with Crippen molar-refractivity contribution in [2.24, 2.45) is 0 Å². The van der Waals surface area contributed by atoms with Crippen molar-refractivity contribution in [3.05, 3.63) is 39.9 Å². The van der Waals surface area contributed by atoms with Crippen LogP contribution >= 0.6 is 0 Å². The normalized spacial score (nSPS) is 17.3. The Bertz CT molecular complexity index is 549. The van der Waals surface area contributed by atoms with Crippen LogP contribution in [-0.2, 0) is 20.5 Å². The van der Waals surface area contributed by atoms with Crippen molar-refractivity contribution in [2.75, 3.05) is 26.3 Å². The van der Waals surface area contributed by atoms with E-state index in [4.69, 9.17) is 4.74 Å². The molecule has 0 aliphatic carbocycles. The number of rotatable bonds is 4. The van der Waals surface area contributed by atoms with Gasteiger partial charge in [0.2, 0.25) is 10.0 Å². The molecule has 8 heteroatoms. The van der Waals surface area contributed by atoms with Gasteiger partial charge >= 0.3 is 0 Å². The van der Waals surface area contributed by atoms with E-state index in [-0.39, 0.29) is 11.4 Å². The lowest BCUT2D eigenvalue weighted by Crippen LogP contribution is -2.41. The summed E-state index contributed by atoms with van der Waals surface area (Å²) in [7, 11) is -3.39. The SMILES string of the molecule is O=[N+]([O-])c1ccc(CS(=O)(=O)N2CCOCC2)cc1. The number of benzene rings is 1. The Morgan fingerprint density at radius 3 is 2.32 bits per heavy atom. The van der Waals surface area contributed by atoms with Crippen LogP contribution in [-0.4, -0.2) is 43.9 Å². The van der Waals surface area contributed by atoms with Crippen LogP contribution in [0.4, 0.5) is 5.69 Å². The summed E-state index contributed by atoms with van der Waals surface area (Å²) < 4.78 is 30.7. The van der Waals surface area contributed by atoms with Crippen molar-refractivity contribution in [3.8, 4) is 0 Å². The molecule has 0 saturated carbocycles. The molecule has 2 rings (SSSR count). The number of non-ortho nitro benzene ring substituents is 1. The van der Waals surface area contributed by atoms with Crippen molar-refractivity contribution in [1.82, 2.24) is 4.31 Å². The third-order valence-electron chi connectivity index (χ3n) is 2.86. The average Bonchev–Trinajstić information content (AvgIpc) is 2.40. The molecule has 0 aromatic heterocycles. The molecular weight excluding hydrogens is 272 g/mol. The second-order valence-electron chi connectivity index (χ2n) is 4.19. The van der Waals surface area contributed by atoms with Gasteiger partial charge in [-0.25, -0.2) is 8.42 Å². The number of nitro groups is 1. The van der Waals surface area contributed by atoms with Crippen molar-refractivity contribution in [3.63, 3.8) is 0 Å². The topological polar surface area (TPSA) is 89.8 Å². The van der Waals surface area contributed by atoms with Gasteiger partial charge in [-0.15, -0.1) is 0 Å². The highest BCUT2D eigenvalue weighted by Gasteiger charge is 2.24. The van der Waals surface area contributed by atoms with Gasteiger partial charge in [-0.3, -0.25) is 10.1 Å². The zero-order valence-electron chi connectivity index (χ0n) is 10.2. The van der Waals surface area contributed by atoms with Crippen LogP contribution < -0.4 is 0 Å². The number of nitrogens with zero attached hydrogens (tertiary/aromatic N) is 2.